The highest BCUT2D eigenvalue weighted by Crippen LogP contribution is 2.39. The Labute approximate surface area is 142 Å². The molecule has 138 valence electrons. The maximum atomic E-state index is 12.0. The normalized spacial score (nSPS) is 32.9. The third-order valence-corrected chi connectivity index (χ3v) is 3.75. The van der Waals surface area contributed by atoms with Crippen LogP contribution in [0.1, 0.15) is 41.0 Å². The predicted molar refractivity (Wildman–Crippen MR) is 83.3 cm³/mol. The van der Waals surface area contributed by atoms with E-state index in [2.05, 4.69) is 5.32 Å². The van der Waals surface area contributed by atoms with E-state index in [4.69, 9.17) is 23.7 Å². The van der Waals surface area contributed by atoms with E-state index in [0.29, 0.717) is 0 Å². The number of rotatable bonds is 5. The molecule has 1 amide bonds. The van der Waals surface area contributed by atoms with Crippen molar-refractivity contribution in [1.29, 1.82) is 0 Å². The summed E-state index contributed by atoms with van der Waals surface area (Å²) >= 11 is 0. The van der Waals surface area contributed by atoms with Gasteiger partial charge in [-0.15, -0.1) is 0 Å². The van der Waals surface area contributed by atoms with E-state index in [1.165, 1.54) is 7.11 Å². The first-order valence-electron chi connectivity index (χ1n) is 8.03. The Morgan fingerprint density at radius 3 is 2.54 bits per heavy atom. The minimum Gasteiger partial charge on any atom is -0.444 e. The van der Waals surface area contributed by atoms with Crippen molar-refractivity contribution in [2.24, 2.45) is 0 Å². The second-order valence-electron chi connectivity index (χ2n) is 7.42. The van der Waals surface area contributed by atoms with Crippen LogP contribution in [0.5, 0.6) is 0 Å². The standard InChI is InChI=1S/C16H27NO7/c1-15(2,3)24-14(19)17-9(7-8-18)10-11(20-6)12-13(21-10)23-16(4,5)22-12/h8-13H,7H2,1-6H3,(H,17,19)/t9-,10+,11-,12+,13+/m0/s1. The number of alkyl carbamates (subject to hydrolysis) is 1. The molecule has 2 fully saturated rings. The minimum absolute atomic E-state index is 0.0621. The van der Waals surface area contributed by atoms with Gasteiger partial charge in [0, 0.05) is 13.5 Å². The summed E-state index contributed by atoms with van der Waals surface area (Å²) < 4.78 is 28.1. The average molecular weight is 345 g/mol. The van der Waals surface area contributed by atoms with Crippen LogP contribution in [-0.4, -0.2) is 61.5 Å². The monoisotopic (exact) mass is 345 g/mol. The van der Waals surface area contributed by atoms with Crippen LogP contribution < -0.4 is 5.32 Å². The fraction of sp³-hybridized carbons (Fsp3) is 0.875. The number of fused-ring (bicyclic) bond motifs is 1. The first-order valence-corrected chi connectivity index (χ1v) is 8.03. The van der Waals surface area contributed by atoms with Crippen LogP contribution in [0.15, 0.2) is 0 Å². The maximum absolute atomic E-state index is 12.0. The topological polar surface area (TPSA) is 92.3 Å². The van der Waals surface area contributed by atoms with Crippen molar-refractivity contribution in [3.8, 4) is 0 Å². The molecule has 0 aromatic heterocycles. The lowest BCUT2D eigenvalue weighted by Crippen LogP contribution is -2.51. The number of hydrogen-bond acceptors (Lipinski definition) is 7. The molecule has 2 aliphatic heterocycles. The number of aldehydes is 1. The SMILES string of the molecule is CO[C@@H]1[C@H]2OC(C)(C)O[C@H]2O[C@@H]1[C@H](CC=O)NC(=O)OC(C)(C)C. The summed E-state index contributed by atoms with van der Waals surface area (Å²) in [6, 6.07) is -0.608. The Hall–Kier alpha value is -1.22. The van der Waals surface area contributed by atoms with E-state index in [1.807, 2.05) is 0 Å². The van der Waals surface area contributed by atoms with Crippen LogP contribution in [0.25, 0.3) is 0 Å². The highest BCUT2D eigenvalue weighted by Gasteiger charge is 2.57. The molecular weight excluding hydrogens is 318 g/mol. The van der Waals surface area contributed by atoms with E-state index < -0.39 is 48.1 Å². The zero-order valence-corrected chi connectivity index (χ0v) is 15.0. The van der Waals surface area contributed by atoms with E-state index in [1.54, 1.807) is 34.6 Å². The summed E-state index contributed by atoms with van der Waals surface area (Å²) in [4.78, 5) is 23.1. The van der Waals surface area contributed by atoms with E-state index in [9.17, 15) is 9.59 Å². The molecule has 0 aromatic carbocycles. The quantitative estimate of drug-likeness (QED) is 0.752. The molecule has 2 heterocycles. The van der Waals surface area contributed by atoms with Crippen molar-refractivity contribution >= 4 is 12.4 Å². The van der Waals surface area contributed by atoms with Gasteiger partial charge >= 0.3 is 6.09 Å². The molecular formula is C16H27NO7. The van der Waals surface area contributed by atoms with E-state index in [-0.39, 0.29) is 6.42 Å². The van der Waals surface area contributed by atoms with Crippen LogP contribution in [-0.2, 0) is 28.5 Å². The first-order chi connectivity index (χ1) is 11.1. The number of carbonyl (C=O) groups excluding carboxylic acids is 2. The maximum Gasteiger partial charge on any atom is 0.407 e. The zero-order chi connectivity index (χ0) is 18.1. The molecule has 0 saturated carbocycles. The summed E-state index contributed by atoms with van der Waals surface area (Å²) in [7, 11) is 1.53. The van der Waals surface area contributed by atoms with Crippen molar-refractivity contribution in [3.63, 3.8) is 0 Å². The first kappa shape index (κ1) is 19.1. The largest absolute Gasteiger partial charge is 0.444 e. The lowest BCUT2D eigenvalue weighted by Gasteiger charge is -2.30. The molecule has 0 unspecified atom stereocenters. The molecule has 5 atom stereocenters. The van der Waals surface area contributed by atoms with Gasteiger partial charge in [-0.3, -0.25) is 0 Å². The van der Waals surface area contributed by atoms with Crippen LogP contribution in [0, 0.1) is 0 Å². The molecule has 0 aliphatic carbocycles. The molecule has 2 aliphatic rings. The Balaban J connectivity index is 2.08. The van der Waals surface area contributed by atoms with Gasteiger partial charge in [-0.1, -0.05) is 0 Å². The van der Waals surface area contributed by atoms with Crippen LogP contribution >= 0.6 is 0 Å². The van der Waals surface area contributed by atoms with Gasteiger partial charge in [0.15, 0.2) is 12.1 Å². The smallest absolute Gasteiger partial charge is 0.407 e. The second kappa shape index (κ2) is 6.95. The number of ether oxygens (including phenoxy) is 5. The summed E-state index contributed by atoms with van der Waals surface area (Å²) in [5.41, 5.74) is -0.639. The Bertz CT molecular complexity index is 474. The van der Waals surface area contributed by atoms with Crippen molar-refractivity contribution in [2.45, 2.75) is 83.1 Å². The molecule has 8 nitrogen and oxygen atoms in total. The number of carbonyl (C=O) groups is 2. The summed E-state index contributed by atoms with van der Waals surface area (Å²) in [5, 5.41) is 2.68. The molecule has 2 rings (SSSR count). The summed E-state index contributed by atoms with van der Waals surface area (Å²) in [5.74, 6) is -0.768. The number of hydrogen-bond donors (Lipinski definition) is 1. The fourth-order valence-electron chi connectivity index (χ4n) is 2.93. The molecule has 0 bridgehead atoms. The van der Waals surface area contributed by atoms with Crippen LogP contribution in [0.4, 0.5) is 4.79 Å². The second-order valence-corrected chi connectivity index (χ2v) is 7.42. The van der Waals surface area contributed by atoms with Gasteiger partial charge in [-0.05, 0) is 34.6 Å². The lowest BCUT2D eigenvalue weighted by atomic mass is 10.0. The molecule has 0 radical (unpaired) electrons. The van der Waals surface area contributed by atoms with E-state index >= 15 is 0 Å². The van der Waals surface area contributed by atoms with Crippen molar-refractivity contribution in [2.75, 3.05) is 7.11 Å². The van der Waals surface area contributed by atoms with E-state index in [0.717, 1.165) is 6.29 Å². The average Bonchev–Trinajstić information content (AvgIpc) is 2.87. The van der Waals surface area contributed by atoms with Gasteiger partial charge in [-0.2, -0.15) is 0 Å². The zero-order valence-electron chi connectivity index (χ0n) is 15.0. The van der Waals surface area contributed by atoms with Gasteiger partial charge in [-0.25, -0.2) is 4.79 Å². The Morgan fingerprint density at radius 1 is 1.33 bits per heavy atom. The molecule has 0 aromatic rings. The Kier molecular flexibility index (Phi) is 5.54. The van der Waals surface area contributed by atoms with Crippen molar-refractivity contribution < 1.29 is 33.3 Å². The lowest BCUT2D eigenvalue weighted by molar-refractivity contribution is -0.219. The van der Waals surface area contributed by atoms with Crippen LogP contribution in [0.2, 0.25) is 0 Å². The Morgan fingerprint density at radius 2 is 2.00 bits per heavy atom. The van der Waals surface area contributed by atoms with Gasteiger partial charge in [0.25, 0.3) is 0 Å². The number of nitrogens with one attached hydrogen (secondary N) is 1. The molecule has 2 saturated heterocycles. The molecule has 24 heavy (non-hydrogen) atoms. The fourth-order valence-corrected chi connectivity index (χ4v) is 2.93. The minimum atomic E-state index is -0.768. The molecule has 8 heteroatoms. The summed E-state index contributed by atoms with van der Waals surface area (Å²) in [6.07, 6.45) is -1.93. The van der Waals surface area contributed by atoms with Gasteiger partial charge in [0.2, 0.25) is 0 Å². The third kappa shape index (κ3) is 4.44. The van der Waals surface area contributed by atoms with Crippen molar-refractivity contribution in [3.05, 3.63) is 0 Å². The van der Waals surface area contributed by atoms with Gasteiger partial charge in [0.1, 0.15) is 30.2 Å². The number of methoxy groups -OCH3 is 1. The van der Waals surface area contributed by atoms with Crippen molar-refractivity contribution in [1.82, 2.24) is 5.32 Å². The van der Waals surface area contributed by atoms with Gasteiger partial charge < -0.3 is 33.8 Å². The molecule has 1 N–H and O–H groups in total. The predicted octanol–water partition coefficient (Wildman–Crippen LogP) is 1.36. The van der Waals surface area contributed by atoms with Gasteiger partial charge in [0.05, 0.1) is 6.04 Å². The third-order valence-electron chi connectivity index (χ3n) is 3.75. The van der Waals surface area contributed by atoms with Crippen LogP contribution in [0.3, 0.4) is 0 Å². The number of amides is 1. The molecule has 0 spiro atoms. The highest BCUT2D eigenvalue weighted by atomic mass is 16.8. The summed E-state index contributed by atoms with van der Waals surface area (Å²) in [6.45, 7) is 8.87. The highest BCUT2D eigenvalue weighted by molar-refractivity contribution is 5.69.